The van der Waals surface area contributed by atoms with Crippen LogP contribution in [0.3, 0.4) is 0 Å². The van der Waals surface area contributed by atoms with E-state index in [-0.39, 0.29) is 18.2 Å². The molecule has 2 heterocycles. The first-order valence-electron chi connectivity index (χ1n) is 9.12. The minimum Gasteiger partial charge on any atom is -0.486 e. The first-order chi connectivity index (χ1) is 13.7. The standard InChI is InChI=1S/C20H21N3O5/c24-19(22-12-16-13-27-17-6-1-2-7-18(17)28-16)21-11-14-4-3-5-15(10-14)23-8-9-26-20(23)25/h1-7,10,16H,8-9,11-13H2,(H2,21,22,24)/t16-/m1/s1. The van der Waals surface area contributed by atoms with Crippen molar-refractivity contribution in [3.63, 3.8) is 0 Å². The fraction of sp³-hybridized carbons (Fsp3) is 0.300. The topological polar surface area (TPSA) is 89.1 Å². The lowest BCUT2D eigenvalue weighted by Crippen LogP contribution is -2.44. The van der Waals surface area contributed by atoms with Gasteiger partial charge in [-0.05, 0) is 29.8 Å². The van der Waals surface area contributed by atoms with Crippen molar-refractivity contribution < 1.29 is 23.8 Å². The molecule has 2 aliphatic rings. The number of ether oxygens (including phenoxy) is 3. The summed E-state index contributed by atoms with van der Waals surface area (Å²) in [7, 11) is 0. The number of benzene rings is 2. The number of amides is 3. The van der Waals surface area contributed by atoms with Crippen LogP contribution in [0.25, 0.3) is 0 Å². The van der Waals surface area contributed by atoms with Gasteiger partial charge in [0.05, 0.1) is 13.1 Å². The molecule has 0 saturated carbocycles. The van der Waals surface area contributed by atoms with Crippen molar-refractivity contribution in [1.82, 2.24) is 10.6 Å². The van der Waals surface area contributed by atoms with E-state index in [9.17, 15) is 9.59 Å². The van der Waals surface area contributed by atoms with Crippen molar-refractivity contribution in [2.24, 2.45) is 0 Å². The van der Waals surface area contributed by atoms with E-state index in [1.807, 2.05) is 48.5 Å². The van der Waals surface area contributed by atoms with Gasteiger partial charge in [0.1, 0.15) is 13.2 Å². The van der Waals surface area contributed by atoms with Crippen LogP contribution in [-0.4, -0.2) is 44.5 Å². The molecule has 2 N–H and O–H groups in total. The van der Waals surface area contributed by atoms with Crippen molar-refractivity contribution >= 4 is 17.8 Å². The number of urea groups is 1. The Kier molecular flexibility index (Phi) is 5.18. The summed E-state index contributed by atoms with van der Waals surface area (Å²) in [6.07, 6.45) is -0.593. The van der Waals surface area contributed by atoms with Gasteiger partial charge in [-0.2, -0.15) is 0 Å². The first-order valence-corrected chi connectivity index (χ1v) is 9.12. The molecule has 28 heavy (non-hydrogen) atoms. The van der Waals surface area contributed by atoms with Gasteiger partial charge in [0.15, 0.2) is 17.6 Å². The van der Waals surface area contributed by atoms with Crippen LogP contribution in [0.1, 0.15) is 5.56 Å². The largest absolute Gasteiger partial charge is 0.486 e. The number of fused-ring (bicyclic) bond motifs is 1. The Morgan fingerprint density at radius 3 is 2.75 bits per heavy atom. The SMILES string of the molecule is O=C(NCc1cccc(N2CCOC2=O)c1)NC[C@@H]1COc2ccccc2O1. The van der Waals surface area contributed by atoms with Crippen molar-refractivity contribution in [2.45, 2.75) is 12.6 Å². The molecule has 0 unspecified atom stereocenters. The molecular formula is C20H21N3O5. The number of carbonyl (C=O) groups excluding carboxylic acids is 2. The molecule has 0 bridgehead atoms. The number of para-hydroxylation sites is 2. The number of cyclic esters (lactones) is 1. The Balaban J connectivity index is 1.24. The Morgan fingerprint density at radius 2 is 1.93 bits per heavy atom. The van der Waals surface area contributed by atoms with Crippen LogP contribution in [0.15, 0.2) is 48.5 Å². The van der Waals surface area contributed by atoms with E-state index in [4.69, 9.17) is 14.2 Å². The molecule has 8 heteroatoms. The Bertz CT molecular complexity index is 872. The molecule has 2 aromatic rings. The highest BCUT2D eigenvalue weighted by Gasteiger charge is 2.24. The van der Waals surface area contributed by atoms with Gasteiger partial charge in [-0.15, -0.1) is 0 Å². The fourth-order valence-corrected chi connectivity index (χ4v) is 3.08. The van der Waals surface area contributed by atoms with E-state index >= 15 is 0 Å². The average molecular weight is 383 g/mol. The maximum absolute atomic E-state index is 12.1. The second-order valence-corrected chi connectivity index (χ2v) is 6.50. The lowest BCUT2D eigenvalue weighted by Gasteiger charge is -2.26. The maximum Gasteiger partial charge on any atom is 0.414 e. The summed E-state index contributed by atoms with van der Waals surface area (Å²) in [5.41, 5.74) is 1.65. The minimum absolute atomic E-state index is 0.245. The van der Waals surface area contributed by atoms with Gasteiger partial charge in [0.25, 0.3) is 0 Å². The van der Waals surface area contributed by atoms with Crippen LogP contribution >= 0.6 is 0 Å². The fourth-order valence-electron chi connectivity index (χ4n) is 3.08. The Hall–Kier alpha value is -3.42. The van der Waals surface area contributed by atoms with E-state index in [1.165, 1.54) is 0 Å². The molecule has 3 amide bonds. The third kappa shape index (κ3) is 4.11. The van der Waals surface area contributed by atoms with Crippen molar-refractivity contribution in [3.05, 3.63) is 54.1 Å². The van der Waals surface area contributed by atoms with Gasteiger partial charge in [0.2, 0.25) is 0 Å². The lowest BCUT2D eigenvalue weighted by atomic mass is 10.2. The Labute approximate surface area is 162 Å². The molecule has 0 aliphatic carbocycles. The van der Waals surface area contributed by atoms with Gasteiger partial charge in [-0.1, -0.05) is 24.3 Å². The summed E-state index contributed by atoms with van der Waals surface area (Å²) in [6, 6.07) is 14.6. The third-order valence-electron chi connectivity index (χ3n) is 4.49. The zero-order valence-electron chi connectivity index (χ0n) is 15.2. The van der Waals surface area contributed by atoms with Crippen LogP contribution in [0, 0.1) is 0 Å². The number of nitrogens with zero attached hydrogens (tertiary/aromatic N) is 1. The number of anilines is 1. The molecule has 0 aromatic heterocycles. The summed E-state index contributed by atoms with van der Waals surface area (Å²) < 4.78 is 16.4. The van der Waals surface area contributed by atoms with E-state index in [2.05, 4.69) is 10.6 Å². The van der Waals surface area contributed by atoms with Crippen LogP contribution in [0.5, 0.6) is 11.5 Å². The number of carbonyl (C=O) groups is 2. The number of hydrogen-bond donors (Lipinski definition) is 2. The molecule has 1 saturated heterocycles. The molecule has 2 aromatic carbocycles. The summed E-state index contributed by atoms with van der Waals surface area (Å²) in [5, 5.41) is 5.60. The highest BCUT2D eigenvalue weighted by atomic mass is 16.6. The van der Waals surface area contributed by atoms with Crippen LogP contribution in [-0.2, 0) is 11.3 Å². The minimum atomic E-state index is -0.348. The van der Waals surface area contributed by atoms with Crippen LogP contribution in [0.4, 0.5) is 15.3 Å². The van der Waals surface area contributed by atoms with Gasteiger partial charge in [0, 0.05) is 12.2 Å². The van der Waals surface area contributed by atoms with Gasteiger partial charge < -0.3 is 24.8 Å². The smallest absolute Gasteiger partial charge is 0.414 e. The van der Waals surface area contributed by atoms with Crippen molar-refractivity contribution in [1.29, 1.82) is 0 Å². The first kappa shape index (κ1) is 18.0. The molecule has 4 rings (SSSR count). The molecule has 146 valence electrons. The highest BCUT2D eigenvalue weighted by molar-refractivity contribution is 5.89. The van der Waals surface area contributed by atoms with E-state index in [0.717, 1.165) is 11.3 Å². The molecule has 1 atom stereocenters. The Morgan fingerprint density at radius 1 is 1.07 bits per heavy atom. The normalized spacial score (nSPS) is 17.8. The molecule has 2 aliphatic heterocycles. The average Bonchev–Trinajstić information content (AvgIpc) is 3.16. The van der Waals surface area contributed by atoms with E-state index < -0.39 is 0 Å². The zero-order valence-corrected chi connectivity index (χ0v) is 15.2. The highest BCUT2D eigenvalue weighted by Crippen LogP contribution is 2.30. The number of rotatable bonds is 5. The van der Waals surface area contributed by atoms with Crippen LogP contribution in [0.2, 0.25) is 0 Å². The van der Waals surface area contributed by atoms with E-state index in [1.54, 1.807) is 4.90 Å². The number of nitrogens with one attached hydrogen (secondary N) is 2. The van der Waals surface area contributed by atoms with E-state index in [0.29, 0.717) is 44.3 Å². The predicted molar refractivity (Wildman–Crippen MR) is 102 cm³/mol. The summed E-state index contributed by atoms with van der Waals surface area (Å²) in [6.45, 7) is 1.97. The molecule has 0 spiro atoms. The van der Waals surface area contributed by atoms with Gasteiger partial charge in [-0.25, -0.2) is 9.59 Å². The van der Waals surface area contributed by atoms with Crippen LogP contribution < -0.4 is 25.0 Å². The summed E-state index contributed by atoms with van der Waals surface area (Å²) >= 11 is 0. The van der Waals surface area contributed by atoms with Gasteiger partial charge in [-0.3, -0.25) is 4.90 Å². The molecular weight excluding hydrogens is 362 g/mol. The molecule has 0 radical (unpaired) electrons. The monoisotopic (exact) mass is 383 g/mol. The summed E-state index contributed by atoms with van der Waals surface area (Å²) in [4.78, 5) is 25.3. The van der Waals surface area contributed by atoms with Crippen molar-refractivity contribution in [3.8, 4) is 11.5 Å². The maximum atomic E-state index is 12.1. The second kappa shape index (κ2) is 8.08. The zero-order chi connectivity index (χ0) is 19.3. The van der Waals surface area contributed by atoms with Crippen molar-refractivity contribution in [2.75, 3.05) is 31.2 Å². The van der Waals surface area contributed by atoms with Gasteiger partial charge >= 0.3 is 12.1 Å². The second-order valence-electron chi connectivity index (χ2n) is 6.50. The summed E-state index contributed by atoms with van der Waals surface area (Å²) in [5.74, 6) is 1.39. The predicted octanol–water partition coefficient (Wildman–Crippen LogP) is 2.28. The molecule has 1 fully saturated rings. The number of hydrogen-bond acceptors (Lipinski definition) is 5. The third-order valence-corrected chi connectivity index (χ3v) is 4.49. The lowest BCUT2D eigenvalue weighted by molar-refractivity contribution is 0.0918. The quantitative estimate of drug-likeness (QED) is 0.827. The molecule has 8 nitrogen and oxygen atoms in total.